The number of carbonyl (C=O) groups is 1. The molecule has 0 radical (unpaired) electrons. The second-order valence-corrected chi connectivity index (χ2v) is 10.7. The average Bonchev–Trinajstić information content (AvgIpc) is 2.14. The average molecular weight is 220 g/mol. The van der Waals surface area contributed by atoms with E-state index in [0.717, 1.165) is 14.2 Å². The van der Waals surface area contributed by atoms with Crippen molar-refractivity contribution in [2.75, 3.05) is 0 Å². The summed E-state index contributed by atoms with van der Waals surface area (Å²) < 4.78 is 8.74. The predicted molar refractivity (Wildman–Crippen MR) is 52.3 cm³/mol. The fourth-order valence-corrected chi connectivity index (χ4v) is 5.15. The molecule has 0 fully saturated rings. The van der Waals surface area contributed by atoms with E-state index in [0.29, 0.717) is 5.57 Å². The van der Waals surface area contributed by atoms with E-state index in [-0.39, 0.29) is 5.97 Å². The van der Waals surface area contributed by atoms with E-state index in [4.69, 9.17) is 3.32 Å². The van der Waals surface area contributed by atoms with Crippen LogP contribution in [0.2, 0.25) is 14.2 Å². The standard InChI is InChI=1S/C4H6O2.3C2H5.Ti/c1-3(2)4(5)6;3*1-2;/h1H2,2H3,(H,5,6);3*1H2,2H3;/q;;;;+1/p-1. The van der Waals surface area contributed by atoms with E-state index in [1.807, 2.05) is 0 Å². The minimum absolute atomic E-state index is 0.189. The first-order valence-electron chi connectivity index (χ1n) is 4.90. The Kier molecular flexibility index (Phi) is 5.58. The van der Waals surface area contributed by atoms with Crippen LogP contribution in [0.1, 0.15) is 27.7 Å². The Morgan fingerprint density at radius 1 is 1.23 bits per heavy atom. The Balaban J connectivity index is 4.42. The van der Waals surface area contributed by atoms with Gasteiger partial charge in [0.25, 0.3) is 0 Å². The molecule has 0 amide bonds. The maximum absolute atomic E-state index is 11.4. The molecule has 0 saturated carbocycles. The molecule has 0 aromatic rings. The monoisotopic (exact) mass is 220 g/mol. The molecule has 3 heteroatoms. The van der Waals surface area contributed by atoms with Crippen LogP contribution < -0.4 is 0 Å². The van der Waals surface area contributed by atoms with Crippen LogP contribution in [0.15, 0.2) is 12.2 Å². The Bertz CT molecular complexity index is 187. The van der Waals surface area contributed by atoms with Crippen LogP contribution in [-0.2, 0) is 25.1 Å². The Morgan fingerprint density at radius 3 is 1.85 bits per heavy atom. The first-order chi connectivity index (χ1) is 6.01. The third-order valence-electron chi connectivity index (χ3n) is 2.59. The van der Waals surface area contributed by atoms with Crippen molar-refractivity contribution in [1.29, 1.82) is 0 Å². The summed E-state index contributed by atoms with van der Waals surface area (Å²) in [6.45, 7) is 11.7. The molecule has 0 heterocycles. The van der Waals surface area contributed by atoms with Crippen molar-refractivity contribution in [3.63, 3.8) is 0 Å². The molecule has 0 N–H and O–H groups in total. The first kappa shape index (κ1) is 12.9. The molecule has 13 heavy (non-hydrogen) atoms. The van der Waals surface area contributed by atoms with Gasteiger partial charge in [-0.3, -0.25) is 0 Å². The molecule has 0 aromatic carbocycles. The summed E-state index contributed by atoms with van der Waals surface area (Å²) in [6, 6.07) is 0. The van der Waals surface area contributed by atoms with E-state index in [1.54, 1.807) is 6.92 Å². The topological polar surface area (TPSA) is 26.3 Å². The second-order valence-electron chi connectivity index (χ2n) is 3.41. The van der Waals surface area contributed by atoms with E-state index in [9.17, 15) is 4.79 Å². The molecule has 0 aliphatic carbocycles. The van der Waals surface area contributed by atoms with Crippen molar-refractivity contribution in [1.82, 2.24) is 0 Å². The number of carbonyl (C=O) groups excluding carboxylic acids is 1. The van der Waals surface area contributed by atoms with E-state index in [1.165, 1.54) is 0 Å². The Morgan fingerprint density at radius 2 is 1.62 bits per heavy atom. The maximum atomic E-state index is 11.4. The summed E-state index contributed by atoms with van der Waals surface area (Å²) >= 11 is -2.27. The zero-order valence-electron chi connectivity index (χ0n) is 9.14. The van der Waals surface area contributed by atoms with Gasteiger partial charge in [-0.25, -0.2) is 0 Å². The molecule has 0 saturated heterocycles. The molecule has 2 nitrogen and oxygen atoms in total. The summed E-state index contributed by atoms with van der Waals surface area (Å²) in [6.07, 6.45) is 0. The molecule has 0 atom stereocenters. The van der Waals surface area contributed by atoms with Gasteiger partial charge < -0.3 is 0 Å². The van der Waals surface area contributed by atoms with Crippen LogP contribution in [0, 0.1) is 0 Å². The van der Waals surface area contributed by atoms with E-state index >= 15 is 0 Å². The van der Waals surface area contributed by atoms with Gasteiger partial charge in [0, 0.05) is 0 Å². The minimum atomic E-state index is -2.27. The molecule has 0 aliphatic rings. The summed E-state index contributed by atoms with van der Waals surface area (Å²) in [4.78, 5) is 11.4. The zero-order chi connectivity index (χ0) is 10.5. The van der Waals surface area contributed by atoms with Gasteiger partial charge in [-0.15, -0.1) is 0 Å². The molecule has 0 bridgehead atoms. The quantitative estimate of drug-likeness (QED) is 0.523. The summed E-state index contributed by atoms with van der Waals surface area (Å²) in [5.74, 6) is -0.189. The second kappa shape index (κ2) is 5.61. The molecule has 0 aromatic heterocycles. The molecule has 0 rings (SSSR count). The van der Waals surface area contributed by atoms with Crippen molar-refractivity contribution in [3.8, 4) is 0 Å². The molecular weight excluding hydrogens is 200 g/mol. The third kappa shape index (κ3) is 3.66. The van der Waals surface area contributed by atoms with Crippen LogP contribution in [0.25, 0.3) is 0 Å². The summed E-state index contributed by atoms with van der Waals surface area (Å²) in [5.41, 5.74) is 0.519. The van der Waals surface area contributed by atoms with Gasteiger partial charge in [-0.05, 0) is 0 Å². The zero-order valence-corrected chi connectivity index (χ0v) is 10.7. The number of rotatable bonds is 5. The van der Waals surface area contributed by atoms with Gasteiger partial charge in [0.1, 0.15) is 0 Å². The first-order valence-corrected chi connectivity index (χ1v) is 8.85. The van der Waals surface area contributed by atoms with Crippen LogP contribution in [-0.4, -0.2) is 5.97 Å². The van der Waals surface area contributed by atoms with E-state index in [2.05, 4.69) is 27.4 Å². The van der Waals surface area contributed by atoms with Crippen LogP contribution >= 0.6 is 0 Å². The Hall–Kier alpha value is -0.0757. The fourth-order valence-electron chi connectivity index (χ4n) is 1.25. The molecule has 0 aliphatic heterocycles. The van der Waals surface area contributed by atoms with Crippen LogP contribution in [0.4, 0.5) is 0 Å². The normalized spacial score (nSPS) is 11.1. The van der Waals surface area contributed by atoms with Gasteiger partial charge in [-0.1, -0.05) is 0 Å². The van der Waals surface area contributed by atoms with E-state index < -0.39 is 17.0 Å². The van der Waals surface area contributed by atoms with Crippen molar-refractivity contribution in [2.45, 2.75) is 41.9 Å². The summed E-state index contributed by atoms with van der Waals surface area (Å²) in [5, 5.41) is 0. The van der Waals surface area contributed by atoms with Gasteiger partial charge in [0.2, 0.25) is 0 Å². The van der Waals surface area contributed by atoms with Crippen molar-refractivity contribution in [2.24, 2.45) is 0 Å². The predicted octanol–water partition coefficient (Wildman–Crippen LogP) is 3.49. The van der Waals surface area contributed by atoms with Gasteiger partial charge in [-0.2, -0.15) is 0 Å². The molecule has 0 unspecified atom stereocenters. The molecule has 76 valence electrons. The van der Waals surface area contributed by atoms with Gasteiger partial charge in [0.15, 0.2) is 0 Å². The molecular formula is C10H20O2Ti. The van der Waals surface area contributed by atoms with Crippen molar-refractivity contribution in [3.05, 3.63) is 12.2 Å². The summed E-state index contributed by atoms with van der Waals surface area (Å²) in [7, 11) is 0. The van der Waals surface area contributed by atoms with Gasteiger partial charge >= 0.3 is 85.1 Å². The van der Waals surface area contributed by atoms with Gasteiger partial charge in [0.05, 0.1) is 0 Å². The van der Waals surface area contributed by atoms with Crippen LogP contribution in [0.5, 0.6) is 0 Å². The van der Waals surface area contributed by atoms with Crippen molar-refractivity contribution >= 4 is 5.97 Å². The SMILES string of the molecule is C=C(C)C(=O)[O][Ti]([CH2]C)([CH2]C)[CH2]C. The third-order valence-corrected chi connectivity index (χ3v) is 9.59. The molecule has 0 spiro atoms. The van der Waals surface area contributed by atoms with Crippen molar-refractivity contribution < 1.29 is 25.1 Å². The number of hydrogen-bond donors (Lipinski definition) is 0. The Labute approximate surface area is 85.2 Å². The number of hydrogen-bond acceptors (Lipinski definition) is 2. The van der Waals surface area contributed by atoms with Crippen LogP contribution in [0.3, 0.4) is 0 Å². The fraction of sp³-hybridized carbons (Fsp3) is 0.700.